The summed E-state index contributed by atoms with van der Waals surface area (Å²) in [4.78, 5) is 15.2. The Bertz CT molecular complexity index is 894. The van der Waals surface area contributed by atoms with E-state index in [4.69, 9.17) is 32.7 Å². The molecule has 122 valence electrons. The van der Waals surface area contributed by atoms with Gasteiger partial charge >= 0.3 is 0 Å². The van der Waals surface area contributed by atoms with Gasteiger partial charge in [-0.3, -0.25) is 4.79 Å². The second kappa shape index (κ2) is 7.43. The van der Waals surface area contributed by atoms with Crippen molar-refractivity contribution in [3.8, 4) is 17.2 Å². The number of rotatable bonds is 5. The van der Waals surface area contributed by atoms with Crippen LogP contribution in [0.2, 0.25) is 10.0 Å². The minimum Gasteiger partial charge on any atom is -0.487 e. The largest absolute Gasteiger partial charge is 0.487 e. The van der Waals surface area contributed by atoms with Crippen molar-refractivity contribution in [2.45, 2.75) is 6.61 Å². The predicted molar refractivity (Wildman–Crippen MR) is 94.4 cm³/mol. The third kappa shape index (κ3) is 3.91. The Labute approximate surface area is 148 Å². The van der Waals surface area contributed by atoms with Gasteiger partial charge in [-0.25, -0.2) is 0 Å². The van der Waals surface area contributed by atoms with Crippen molar-refractivity contribution in [1.82, 2.24) is 4.98 Å². The first-order chi connectivity index (χ1) is 11.6. The lowest BCUT2D eigenvalue weighted by Crippen LogP contribution is -2.08. The molecular formula is C18H13Cl2NO3. The van der Waals surface area contributed by atoms with E-state index in [2.05, 4.69) is 4.98 Å². The van der Waals surface area contributed by atoms with Gasteiger partial charge in [-0.2, -0.15) is 0 Å². The molecule has 3 aromatic rings. The van der Waals surface area contributed by atoms with Crippen LogP contribution in [0.4, 0.5) is 0 Å². The van der Waals surface area contributed by atoms with Gasteiger partial charge in [-0.15, -0.1) is 0 Å². The molecular weight excluding hydrogens is 349 g/mol. The summed E-state index contributed by atoms with van der Waals surface area (Å²) in [5.41, 5.74) is 0.352. The van der Waals surface area contributed by atoms with Crippen LogP contribution >= 0.6 is 23.2 Å². The normalized spacial score (nSPS) is 10.4. The summed E-state index contributed by atoms with van der Waals surface area (Å²) in [6, 6.07) is 15.8. The number of benzene rings is 2. The number of H-pyrrole nitrogens is 1. The summed E-state index contributed by atoms with van der Waals surface area (Å²) in [6.07, 6.45) is 1.48. The van der Waals surface area contributed by atoms with Crippen molar-refractivity contribution in [3.63, 3.8) is 0 Å². The monoisotopic (exact) mass is 361 g/mol. The highest BCUT2D eigenvalue weighted by Gasteiger charge is 2.09. The average molecular weight is 362 g/mol. The number of aromatic amines is 1. The van der Waals surface area contributed by atoms with E-state index in [1.165, 1.54) is 12.3 Å². The van der Waals surface area contributed by atoms with Gasteiger partial charge in [0.1, 0.15) is 23.1 Å². The summed E-state index contributed by atoms with van der Waals surface area (Å²) in [5, 5.41) is 0.619. The van der Waals surface area contributed by atoms with Crippen molar-refractivity contribution in [2.75, 3.05) is 0 Å². The van der Waals surface area contributed by atoms with Crippen molar-refractivity contribution in [2.24, 2.45) is 0 Å². The molecule has 0 unspecified atom stereocenters. The Morgan fingerprint density at radius 3 is 2.50 bits per heavy atom. The second-order valence-electron chi connectivity index (χ2n) is 4.94. The fraction of sp³-hybridized carbons (Fsp3) is 0.0556. The Kier molecular flexibility index (Phi) is 5.08. The molecule has 0 spiro atoms. The standard InChI is InChI=1S/C18H13Cl2NO3/c19-14-7-4-8-16(18(14)20)24-17-10-21-12(9-15(17)22)11-23-13-5-2-1-3-6-13/h1-10H,11H2,(H,21,22). The second-order valence-corrected chi connectivity index (χ2v) is 5.73. The summed E-state index contributed by atoms with van der Waals surface area (Å²) in [6.45, 7) is 0.247. The number of aromatic nitrogens is 1. The van der Waals surface area contributed by atoms with E-state index in [1.54, 1.807) is 18.2 Å². The molecule has 4 nitrogen and oxygen atoms in total. The van der Waals surface area contributed by atoms with Crippen LogP contribution in [0.3, 0.4) is 0 Å². The summed E-state index contributed by atoms with van der Waals surface area (Å²) in [5.74, 6) is 1.18. The molecule has 0 atom stereocenters. The Morgan fingerprint density at radius 2 is 1.75 bits per heavy atom. The van der Waals surface area contributed by atoms with Crippen LogP contribution in [0.15, 0.2) is 65.6 Å². The van der Waals surface area contributed by atoms with Crippen LogP contribution < -0.4 is 14.9 Å². The predicted octanol–water partition coefficient (Wildman–Crippen LogP) is 5.05. The third-order valence-electron chi connectivity index (χ3n) is 3.21. The SMILES string of the molecule is O=c1cc(COc2ccccc2)[nH]cc1Oc1cccc(Cl)c1Cl. The van der Waals surface area contributed by atoms with E-state index in [0.29, 0.717) is 16.5 Å². The van der Waals surface area contributed by atoms with Gasteiger partial charge in [0.15, 0.2) is 5.75 Å². The van der Waals surface area contributed by atoms with Gasteiger partial charge in [-0.05, 0) is 24.3 Å². The van der Waals surface area contributed by atoms with Crippen LogP contribution in [0, 0.1) is 0 Å². The third-order valence-corrected chi connectivity index (χ3v) is 4.01. The van der Waals surface area contributed by atoms with Crippen molar-refractivity contribution >= 4 is 23.2 Å². The van der Waals surface area contributed by atoms with Crippen molar-refractivity contribution < 1.29 is 9.47 Å². The fourth-order valence-corrected chi connectivity index (χ4v) is 2.35. The van der Waals surface area contributed by atoms with Crippen LogP contribution in [0.1, 0.15) is 5.69 Å². The maximum Gasteiger partial charge on any atom is 0.224 e. The van der Waals surface area contributed by atoms with Crippen molar-refractivity contribution in [1.29, 1.82) is 0 Å². The first kappa shape index (κ1) is 16.4. The number of hydrogen-bond donors (Lipinski definition) is 1. The Hall–Kier alpha value is -2.43. The number of ether oxygens (including phenoxy) is 2. The molecule has 0 bridgehead atoms. The number of nitrogens with one attached hydrogen (secondary N) is 1. The lowest BCUT2D eigenvalue weighted by Gasteiger charge is -2.09. The minimum atomic E-state index is -0.281. The first-order valence-corrected chi connectivity index (χ1v) is 7.90. The zero-order valence-corrected chi connectivity index (χ0v) is 14.0. The quantitative estimate of drug-likeness (QED) is 0.691. The van der Waals surface area contributed by atoms with E-state index < -0.39 is 0 Å². The van der Waals surface area contributed by atoms with Crippen LogP contribution in [-0.4, -0.2) is 4.98 Å². The molecule has 0 saturated heterocycles. The van der Waals surface area contributed by atoms with Gasteiger partial charge in [0.2, 0.25) is 5.43 Å². The molecule has 1 heterocycles. The fourth-order valence-electron chi connectivity index (χ4n) is 2.02. The van der Waals surface area contributed by atoms with Crippen LogP contribution in [-0.2, 0) is 6.61 Å². The van der Waals surface area contributed by atoms with Gasteiger partial charge < -0.3 is 14.5 Å². The molecule has 0 fully saturated rings. The van der Waals surface area contributed by atoms with E-state index in [0.717, 1.165) is 5.75 Å². The topological polar surface area (TPSA) is 51.3 Å². The number of halogens is 2. The van der Waals surface area contributed by atoms with Gasteiger partial charge in [0, 0.05) is 12.3 Å². The lowest BCUT2D eigenvalue weighted by molar-refractivity contribution is 0.301. The van der Waals surface area contributed by atoms with Crippen LogP contribution in [0.25, 0.3) is 0 Å². The molecule has 24 heavy (non-hydrogen) atoms. The summed E-state index contributed by atoms with van der Waals surface area (Å²) in [7, 11) is 0. The molecule has 0 aliphatic carbocycles. The molecule has 6 heteroatoms. The smallest absolute Gasteiger partial charge is 0.224 e. The first-order valence-electron chi connectivity index (χ1n) is 7.15. The van der Waals surface area contributed by atoms with E-state index >= 15 is 0 Å². The molecule has 0 aliphatic rings. The van der Waals surface area contributed by atoms with Gasteiger partial charge in [0.25, 0.3) is 0 Å². The van der Waals surface area contributed by atoms with Gasteiger partial charge in [-0.1, -0.05) is 47.5 Å². The molecule has 0 saturated carbocycles. The number of para-hydroxylation sites is 1. The lowest BCUT2D eigenvalue weighted by atomic mass is 10.3. The zero-order chi connectivity index (χ0) is 16.9. The molecule has 2 aromatic carbocycles. The number of pyridine rings is 1. The van der Waals surface area contributed by atoms with E-state index in [1.807, 2.05) is 30.3 Å². The summed E-state index contributed by atoms with van der Waals surface area (Å²) >= 11 is 12.0. The molecule has 3 rings (SSSR count). The summed E-state index contributed by atoms with van der Waals surface area (Å²) < 4.78 is 11.1. The molecule has 0 radical (unpaired) electrons. The highest BCUT2D eigenvalue weighted by atomic mass is 35.5. The van der Waals surface area contributed by atoms with E-state index in [-0.39, 0.29) is 22.8 Å². The van der Waals surface area contributed by atoms with Gasteiger partial charge in [0.05, 0.1) is 10.7 Å². The zero-order valence-electron chi connectivity index (χ0n) is 12.5. The molecule has 1 N–H and O–H groups in total. The average Bonchev–Trinajstić information content (AvgIpc) is 2.60. The molecule has 1 aromatic heterocycles. The van der Waals surface area contributed by atoms with Crippen molar-refractivity contribution in [3.05, 3.63) is 86.8 Å². The number of hydrogen-bond acceptors (Lipinski definition) is 3. The maximum absolute atomic E-state index is 12.2. The van der Waals surface area contributed by atoms with E-state index in [9.17, 15) is 4.79 Å². The minimum absolute atomic E-state index is 0.127. The highest BCUT2D eigenvalue weighted by molar-refractivity contribution is 6.42. The molecule has 0 aliphatic heterocycles. The Balaban J connectivity index is 1.73. The highest BCUT2D eigenvalue weighted by Crippen LogP contribution is 2.33. The van der Waals surface area contributed by atoms with Crippen LogP contribution in [0.5, 0.6) is 17.2 Å². The molecule has 0 amide bonds. The Morgan fingerprint density at radius 1 is 0.958 bits per heavy atom. The maximum atomic E-state index is 12.2.